The van der Waals surface area contributed by atoms with Crippen LogP contribution >= 0.6 is 11.8 Å². The minimum absolute atomic E-state index is 0.210. The van der Waals surface area contributed by atoms with Crippen LogP contribution < -0.4 is 10.6 Å². The highest BCUT2D eigenvalue weighted by molar-refractivity contribution is 7.99. The Morgan fingerprint density at radius 3 is 2.84 bits per heavy atom. The Morgan fingerprint density at radius 1 is 1.32 bits per heavy atom. The largest absolute Gasteiger partial charge is 0.379 e. The van der Waals surface area contributed by atoms with Gasteiger partial charge < -0.3 is 20.1 Å². The van der Waals surface area contributed by atoms with Crippen LogP contribution in [-0.4, -0.2) is 85.5 Å². The Hall–Kier alpha value is -0.500. The molecule has 0 amide bonds. The maximum Gasteiger partial charge on any atom is 0.191 e. The average Bonchev–Trinajstić information content (AvgIpc) is 3.38. The summed E-state index contributed by atoms with van der Waals surface area (Å²) in [4.78, 5) is 7.66. The van der Waals surface area contributed by atoms with E-state index in [2.05, 4.69) is 34.2 Å². The van der Waals surface area contributed by atoms with Gasteiger partial charge in [0.1, 0.15) is 0 Å². The molecule has 7 heteroatoms. The number of aliphatic imine (C=N–C) groups is 1. The molecule has 4 fully saturated rings. The van der Waals surface area contributed by atoms with Crippen LogP contribution in [0.2, 0.25) is 0 Å². The summed E-state index contributed by atoms with van der Waals surface area (Å²) in [6.45, 7) is 7.70. The Kier molecular flexibility index (Phi) is 5.74. The van der Waals surface area contributed by atoms with Crippen molar-refractivity contribution in [3.05, 3.63) is 0 Å². The van der Waals surface area contributed by atoms with Crippen LogP contribution in [0.1, 0.15) is 32.6 Å². The summed E-state index contributed by atoms with van der Waals surface area (Å²) < 4.78 is 11.5. The molecule has 0 spiro atoms. The van der Waals surface area contributed by atoms with Gasteiger partial charge in [-0.25, -0.2) is 0 Å². The lowest BCUT2D eigenvalue weighted by atomic mass is 9.95. The zero-order valence-corrected chi connectivity index (χ0v) is 16.2. The van der Waals surface area contributed by atoms with Gasteiger partial charge in [0.2, 0.25) is 0 Å². The van der Waals surface area contributed by atoms with Crippen LogP contribution in [0.25, 0.3) is 0 Å². The van der Waals surface area contributed by atoms with Crippen molar-refractivity contribution in [3.8, 4) is 0 Å². The molecule has 0 aromatic heterocycles. The lowest BCUT2D eigenvalue weighted by Crippen LogP contribution is -2.56. The summed E-state index contributed by atoms with van der Waals surface area (Å²) >= 11 is 2.07. The van der Waals surface area contributed by atoms with E-state index < -0.39 is 0 Å². The molecule has 4 aliphatic rings. The zero-order valence-electron chi connectivity index (χ0n) is 15.3. The summed E-state index contributed by atoms with van der Waals surface area (Å²) in [6, 6.07) is 0.425. The Morgan fingerprint density at radius 2 is 2.20 bits per heavy atom. The number of hydrogen-bond acceptors (Lipinski definition) is 5. The van der Waals surface area contributed by atoms with Gasteiger partial charge in [0.15, 0.2) is 5.96 Å². The molecule has 0 radical (unpaired) electrons. The second-order valence-corrected chi connectivity index (χ2v) is 8.79. The number of rotatable bonds is 5. The lowest BCUT2D eigenvalue weighted by Gasteiger charge is -2.42. The summed E-state index contributed by atoms with van der Waals surface area (Å²) in [6.07, 6.45) is 5.63. The van der Waals surface area contributed by atoms with E-state index in [9.17, 15) is 0 Å². The van der Waals surface area contributed by atoms with Crippen LogP contribution in [0, 0.1) is 0 Å². The van der Waals surface area contributed by atoms with Crippen molar-refractivity contribution in [1.82, 2.24) is 15.5 Å². The highest BCUT2D eigenvalue weighted by Gasteiger charge is 2.42. The van der Waals surface area contributed by atoms with Crippen molar-refractivity contribution in [2.24, 2.45) is 4.99 Å². The zero-order chi connectivity index (χ0) is 17.1. The minimum Gasteiger partial charge on any atom is -0.379 e. The minimum atomic E-state index is 0.210. The first kappa shape index (κ1) is 17.9. The molecule has 0 aliphatic carbocycles. The van der Waals surface area contributed by atoms with Gasteiger partial charge in [-0.2, -0.15) is 11.8 Å². The van der Waals surface area contributed by atoms with Crippen LogP contribution in [0.15, 0.2) is 4.99 Å². The summed E-state index contributed by atoms with van der Waals surface area (Å²) in [7, 11) is 0. The molecule has 2 N–H and O–H groups in total. The van der Waals surface area contributed by atoms with Crippen LogP contribution in [0.5, 0.6) is 0 Å². The smallest absolute Gasteiger partial charge is 0.191 e. The number of fused-ring (bicyclic) bond motifs is 2. The summed E-state index contributed by atoms with van der Waals surface area (Å²) in [5, 5.41) is 7.10. The van der Waals surface area contributed by atoms with Crippen molar-refractivity contribution in [2.45, 2.75) is 56.4 Å². The van der Waals surface area contributed by atoms with Gasteiger partial charge in [-0.15, -0.1) is 0 Å². The first-order chi connectivity index (χ1) is 12.3. The van der Waals surface area contributed by atoms with Crippen LogP contribution in [0.4, 0.5) is 0 Å². The van der Waals surface area contributed by atoms with Gasteiger partial charge in [0.05, 0.1) is 43.5 Å². The van der Waals surface area contributed by atoms with Crippen molar-refractivity contribution in [2.75, 3.05) is 50.9 Å². The van der Waals surface area contributed by atoms with Crippen molar-refractivity contribution in [3.63, 3.8) is 0 Å². The number of nitrogens with one attached hydrogen (secondary N) is 2. The van der Waals surface area contributed by atoms with Gasteiger partial charge >= 0.3 is 0 Å². The third-order valence-electron chi connectivity index (χ3n) is 6.07. The molecule has 4 unspecified atom stereocenters. The van der Waals surface area contributed by atoms with Crippen LogP contribution in [0.3, 0.4) is 0 Å². The van der Waals surface area contributed by atoms with Gasteiger partial charge in [0, 0.05) is 25.4 Å². The number of thioether (sulfide) groups is 1. The second kappa shape index (κ2) is 8.03. The number of ether oxygens (including phenoxy) is 2. The molecule has 6 nitrogen and oxygen atoms in total. The Balaban J connectivity index is 1.42. The van der Waals surface area contributed by atoms with E-state index in [0.717, 1.165) is 51.8 Å². The maximum absolute atomic E-state index is 5.99. The molecule has 4 atom stereocenters. The van der Waals surface area contributed by atoms with E-state index in [0.29, 0.717) is 18.2 Å². The highest BCUT2D eigenvalue weighted by Crippen LogP contribution is 2.35. The number of hydrogen-bond donors (Lipinski definition) is 2. The molecular formula is C18H32N4O2S. The average molecular weight is 369 g/mol. The monoisotopic (exact) mass is 368 g/mol. The first-order valence-corrected chi connectivity index (χ1v) is 11.1. The predicted octanol–water partition coefficient (Wildman–Crippen LogP) is 1.07. The molecule has 4 saturated heterocycles. The normalized spacial score (nSPS) is 39.1. The Labute approximate surface area is 155 Å². The Bertz CT molecular complexity index is 478. The van der Waals surface area contributed by atoms with E-state index in [-0.39, 0.29) is 5.54 Å². The standard InChI is InChI=1S/C18H32N4O2S/c1-2-19-17(21-15-11-14-3-4-16(15)24-14)20-12-18(5-10-25-13-18)22-6-8-23-9-7-22/h14-16H,2-13H2,1H3,(H2,19,20,21). The summed E-state index contributed by atoms with van der Waals surface area (Å²) in [5.74, 6) is 3.40. The molecule has 4 aliphatic heterocycles. The molecule has 25 heavy (non-hydrogen) atoms. The fourth-order valence-electron chi connectivity index (χ4n) is 4.62. The van der Waals surface area contributed by atoms with E-state index in [4.69, 9.17) is 14.5 Å². The van der Waals surface area contributed by atoms with E-state index in [1.165, 1.54) is 30.8 Å². The van der Waals surface area contributed by atoms with Crippen molar-refractivity contribution in [1.29, 1.82) is 0 Å². The summed E-state index contributed by atoms with van der Waals surface area (Å²) in [5.41, 5.74) is 0.210. The maximum atomic E-state index is 5.99. The molecule has 4 heterocycles. The quantitative estimate of drug-likeness (QED) is 0.559. The number of guanidine groups is 1. The molecule has 2 bridgehead atoms. The molecule has 0 aromatic rings. The fraction of sp³-hybridized carbons (Fsp3) is 0.944. The van der Waals surface area contributed by atoms with Crippen LogP contribution in [-0.2, 0) is 9.47 Å². The molecule has 4 rings (SSSR count). The third kappa shape index (κ3) is 3.94. The highest BCUT2D eigenvalue weighted by atomic mass is 32.2. The lowest BCUT2D eigenvalue weighted by molar-refractivity contribution is -0.0104. The molecular weight excluding hydrogens is 336 g/mol. The van der Waals surface area contributed by atoms with Gasteiger partial charge in [0.25, 0.3) is 0 Å². The predicted molar refractivity (Wildman–Crippen MR) is 102 cm³/mol. The van der Waals surface area contributed by atoms with Crippen molar-refractivity contribution < 1.29 is 9.47 Å². The van der Waals surface area contributed by atoms with Gasteiger partial charge in [-0.1, -0.05) is 0 Å². The topological polar surface area (TPSA) is 58.1 Å². The third-order valence-corrected chi connectivity index (χ3v) is 7.30. The first-order valence-electron chi connectivity index (χ1n) is 9.90. The molecule has 142 valence electrons. The molecule has 0 aromatic carbocycles. The molecule has 0 saturated carbocycles. The van der Waals surface area contributed by atoms with Gasteiger partial charge in [-0.05, 0) is 38.4 Å². The van der Waals surface area contributed by atoms with E-state index in [1.807, 2.05) is 0 Å². The van der Waals surface area contributed by atoms with E-state index >= 15 is 0 Å². The number of nitrogens with zero attached hydrogens (tertiary/aromatic N) is 2. The van der Waals surface area contributed by atoms with E-state index in [1.54, 1.807) is 0 Å². The fourth-order valence-corrected chi connectivity index (χ4v) is 6.09. The van der Waals surface area contributed by atoms with Gasteiger partial charge in [-0.3, -0.25) is 9.89 Å². The SMILES string of the molecule is CCNC(=NCC1(N2CCOCC2)CCSC1)NC1CC2CCC1O2. The van der Waals surface area contributed by atoms with Crippen molar-refractivity contribution >= 4 is 17.7 Å². The number of morpholine rings is 1. The second-order valence-electron chi connectivity index (χ2n) is 7.68.